The number of fused-ring (bicyclic) bond motifs is 2. The van der Waals surface area contributed by atoms with Gasteiger partial charge in [0.25, 0.3) is 5.91 Å². The predicted octanol–water partition coefficient (Wildman–Crippen LogP) is 3.06. The maximum atomic E-state index is 11.9. The molecular formula is C19H22N2O3. The van der Waals surface area contributed by atoms with Gasteiger partial charge in [-0.2, -0.15) is 5.26 Å². The van der Waals surface area contributed by atoms with E-state index >= 15 is 0 Å². The number of carbonyl (C=O) groups excluding carboxylic acids is 2. The van der Waals surface area contributed by atoms with Gasteiger partial charge in [-0.05, 0) is 54.7 Å². The first-order valence-electron chi connectivity index (χ1n) is 8.55. The molecule has 0 spiro atoms. The Morgan fingerprint density at radius 3 is 2.62 bits per heavy atom. The number of hydrogen-bond donors (Lipinski definition) is 1. The zero-order valence-electron chi connectivity index (χ0n) is 13.7. The molecule has 2 aliphatic rings. The van der Waals surface area contributed by atoms with Gasteiger partial charge in [-0.1, -0.05) is 18.6 Å². The molecule has 1 aromatic carbocycles. The molecule has 2 bridgehead atoms. The van der Waals surface area contributed by atoms with Crippen LogP contribution in [0.2, 0.25) is 0 Å². The molecule has 1 amide bonds. The Bertz CT molecular complexity index is 648. The molecule has 126 valence electrons. The average Bonchev–Trinajstić information content (AvgIpc) is 3.18. The lowest BCUT2D eigenvalue weighted by molar-refractivity contribution is -0.148. The fraction of sp³-hybridized carbons (Fsp3) is 0.526. The molecule has 2 aliphatic carbocycles. The minimum Gasteiger partial charge on any atom is -0.456 e. The number of esters is 1. The van der Waals surface area contributed by atoms with E-state index < -0.39 is 0 Å². The van der Waals surface area contributed by atoms with Crippen LogP contribution in [-0.2, 0) is 20.7 Å². The van der Waals surface area contributed by atoms with Crippen LogP contribution in [0.1, 0.15) is 37.7 Å². The lowest BCUT2D eigenvalue weighted by Gasteiger charge is -2.20. The summed E-state index contributed by atoms with van der Waals surface area (Å²) in [6, 6.07) is 9.13. The van der Waals surface area contributed by atoms with E-state index in [4.69, 9.17) is 10.00 Å². The summed E-state index contributed by atoms with van der Waals surface area (Å²) in [5.41, 5.74) is 1.53. The third kappa shape index (κ3) is 4.14. The van der Waals surface area contributed by atoms with Crippen LogP contribution in [-0.4, -0.2) is 18.5 Å². The third-order valence-corrected chi connectivity index (χ3v) is 5.20. The predicted molar refractivity (Wildman–Crippen MR) is 88.9 cm³/mol. The van der Waals surface area contributed by atoms with E-state index in [-0.39, 0.29) is 18.5 Å². The van der Waals surface area contributed by atoms with Gasteiger partial charge >= 0.3 is 5.97 Å². The summed E-state index contributed by atoms with van der Waals surface area (Å²) in [5.74, 6) is 1.33. The number of anilines is 1. The summed E-state index contributed by atoms with van der Waals surface area (Å²) in [5, 5.41) is 11.3. The Morgan fingerprint density at radius 2 is 2.00 bits per heavy atom. The van der Waals surface area contributed by atoms with Crippen LogP contribution in [0.15, 0.2) is 24.3 Å². The van der Waals surface area contributed by atoms with Gasteiger partial charge < -0.3 is 10.1 Å². The molecule has 0 aromatic heterocycles. The number of carbonyl (C=O) groups is 2. The Hall–Kier alpha value is -2.35. The normalized spacial score (nSPS) is 24.4. The zero-order chi connectivity index (χ0) is 16.9. The second kappa shape index (κ2) is 7.48. The number of nitrogens with one attached hydrogen (secondary N) is 1. The summed E-state index contributed by atoms with van der Waals surface area (Å²) in [6.45, 7) is -0.250. The summed E-state index contributed by atoms with van der Waals surface area (Å²) < 4.78 is 5.11. The minimum atomic E-state index is -0.343. The number of rotatable bonds is 6. The lowest BCUT2D eigenvalue weighted by Crippen LogP contribution is -2.23. The van der Waals surface area contributed by atoms with Gasteiger partial charge in [0.05, 0.1) is 12.5 Å². The van der Waals surface area contributed by atoms with Crippen molar-refractivity contribution in [1.29, 1.82) is 5.26 Å². The first kappa shape index (κ1) is 16.5. The van der Waals surface area contributed by atoms with Crippen molar-refractivity contribution in [3.05, 3.63) is 29.8 Å². The minimum absolute atomic E-state index is 0.250. The van der Waals surface area contributed by atoms with E-state index in [9.17, 15) is 9.59 Å². The molecule has 3 atom stereocenters. The topological polar surface area (TPSA) is 79.2 Å². The lowest BCUT2D eigenvalue weighted by atomic mass is 9.86. The molecule has 2 fully saturated rings. The summed E-state index contributed by atoms with van der Waals surface area (Å²) in [6.07, 6.45) is 5.74. The molecule has 0 aliphatic heterocycles. The Balaban J connectivity index is 1.39. The highest BCUT2D eigenvalue weighted by atomic mass is 16.5. The molecular weight excluding hydrogens is 304 g/mol. The molecule has 1 aromatic rings. The number of hydrogen-bond acceptors (Lipinski definition) is 4. The summed E-state index contributed by atoms with van der Waals surface area (Å²) in [7, 11) is 0. The maximum Gasteiger partial charge on any atom is 0.306 e. The van der Waals surface area contributed by atoms with Crippen LogP contribution >= 0.6 is 0 Å². The van der Waals surface area contributed by atoms with Crippen molar-refractivity contribution in [1.82, 2.24) is 0 Å². The zero-order valence-corrected chi connectivity index (χ0v) is 13.7. The van der Waals surface area contributed by atoms with E-state index in [0.717, 1.165) is 17.9 Å². The molecule has 1 N–H and O–H groups in total. The van der Waals surface area contributed by atoms with Crippen molar-refractivity contribution >= 4 is 17.6 Å². The molecule has 3 rings (SSSR count). The van der Waals surface area contributed by atoms with E-state index in [1.54, 1.807) is 24.3 Å². The Labute approximate surface area is 142 Å². The molecule has 0 radical (unpaired) electrons. The standard InChI is InChI=1S/C19H22N2O3/c20-8-7-13-2-5-17(6-3-13)21-18(22)12-24-19(23)11-16-10-14-1-4-15(16)9-14/h2-3,5-6,14-16H,1,4,7,9-12H2,(H,21,22)/t14-,15+,16+/m0/s1. The van der Waals surface area contributed by atoms with Crippen molar-refractivity contribution in [2.24, 2.45) is 17.8 Å². The number of amides is 1. The number of benzene rings is 1. The molecule has 2 saturated carbocycles. The van der Waals surface area contributed by atoms with Crippen molar-refractivity contribution in [2.75, 3.05) is 11.9 Å². The van der Waals surface area contributed by atoms with E-state index in [1.165, 1.54) is 19.3 Å². The van der Waals surface area contributed by atoms with Gasteiger partial charge in [-0.25, -0.2) is 0 Å². The first-order chi connectivity index (χ1) is 11.6. The van der Waals surface area contributed by atoms with Crippen molar-refractivity contribution in [3.63, 3.8) is 0 Å². The monoisotopic (exact) mass is 326 g/mol. The summed E-state index contributed by atoms with van der Waals surface area (Å²) in [4.78, 5) is 23.8. The van der Waals surface area contributed by atoms with Crippen LogP contribution in [0.3, 0.4) is 0 Å². The van der Waals surface area contributed by atoms with Gasteiger partial charge in [0.2, 0.25) is 0 Å². The highest BCUT2D eigenvalue weighted by molar-refractivity contribution is 5.92. The number of nitriles is 1. The first-order valence-corrected chi connectivity index (χ1v) is 8.55. The van der Waals surface area contributed by atoms with E-state index in [2.05, 4.69) is 11.4 Å². The van der Waals surface area contributed by atoms with Crippen molar-refractivity contribution in [3.8, 4) is 6.07 Å². The fourth-order valence-corrected chi connectivity index (χ4v) is 4.04. The molecule has 24 heavy (non-hydrogen) atoms. The van der Waals surface area contributed by atoms with Gasteiger partial charge in [0.1, 0.15) is 0 Å². The van der Waals surface area contributed by atoms with Crippen LogP contribution in [0, 0.1) is 29.1 Å². The van der Waals surface area contributed by atoms with Crippen molar-refractivity contribution < 1.29 is 14.3 Å². The Morgan fingerprint density at radius 1 is 1.21 bits per heavy atom. The van der Waals surface area contributed by atoms with Crippen LogP contribution < -0.4 is 5.32 Å². The molecule has 5 heteroatoms. The van der Waals surface area contributed by atoms with Crippen molar-refractivity contribution in [2.45, 2.75) is 38.5 Å². The van der Waals surface area contributed by atoms with Gasteiger partial charge in [-0.3, -0.25) is 9.59 Å². The van der Waals surface area contributed by atoms with Gasteiger partial charge in [0, 0.05) is 12.1 Å². The van der Waals surface area contributed by atoms with E-state index in [0.29, 0.717) is 30.4 Å². The molecule has 5 nitrogen and oxygen atoms in total. The van der Waals surface area contributed by atoms with Crippen LogP contribution in [0.5, 0.6) is 0 Å². The molecule has 0 saturated heterocycles. The molecule has 0 heterocycles. The highest BCUT2D eigenvalue weighted by Gasteiger charge is 2.40. The summed E-state index contributed by atoms with van der Waals surface area (Å²) >= 11 is 0. The SMILES string of the molecule is N#CCc1ccc(NC(=O)COC(=O)C[C@H]2C[C@H]3CC[C@@H]2C3)cc1. The van der Waals surface area contributed by atoms with E-state index in [1.807, 2.05) is 0 Å². The van der Waals surface area contributed by atoms with Gasteiger partial charge in [0.15, 0.2) is 6.61 Å². The van der Waals surface area contributed by atoms with Crippen LogP contribution in [0.25, 0.3) is 0 Å². The Kier molecular flexibility index (Phi) is 5.14. The highest BCUT2D eigenvalue weighted by Crippen LogP contribution is 2.49. The largest absolute Gasteiger partial charge is 0.456 e. The third-order valence-electron chi connectivity index (χ3n) is 5.20. The molecule has 0 unspecified atom stereocenters. The number of ether oxygens (including phenoxy) is 1. The van der Waals surface area contributed by atoms with Gasteiger partial charge in [-0.15, -0.1) is 0 Å². The number of nitrogens with zero attached hydrogens (tertiary/aromatic N) is 1. The second-order valence-corrected chi connectivity index (χ2v) is 6.88. The quantitative estimate of drug-likeness (QED) is 0.815. The average molecular weight is 326 g/mol. The fourth-order valence-electron chi connectivity index (χ4n) is 4.04. The maximum absolute atomic E-state index is 11.9. The smallest absolute Gasteiger partial charge is 0.306 e. The second-order valence-electron chi connectivity index (χ2n) is 6.88. The van der Waals surface area contributed by atoms with Crippen LogP contribution in [0.4, 0.5) is 5.69 Å².